The molecule has 1 fully saturated rings. The normalized spacial score (nSPS) is 26.5. The maximum Gasteiger partial charge on any atom is 0.274 e. The van der Waals surface area contributed by atoms with Crippen LogP contribution in [0.2, 0.25) is 0 Å². The van der Waals surface area contributed by atoms with E-state index in [1.54, 1.807) is 22.9 Å². The van der Waals surface area contributed by atoms with Crippen LogP contribution in [0.25, 0.3) is 0 Å². The smallest absolute Gasteiger partial charge is 0.274 e. The number of aliphatic hydroxyl groups excluding tert-OH is 1. The number of rotatable bonds is 1. The molecule has 0 radical (unpaired) electrons. The van der Waals surface area contributed by atoms with Gasteiger partial charge in [0.05, 0.1) is 17.8 Å². The average Bonchev–Trinajstić information content (AvgIpc) is 2.23. The minimum Gasteiger partial charge on any atom is -0.394 e. The number of pyridine rings is 1. The molecule has 1 aliphatic carbocycles. The first-order valence-electron chi connectivity index (χ1n) is 5.35. The second-order valence-electron chi connectivity index (χ2n) is 4.10. The van der Waals surface area contributed by atoms with Crippen LogP contribution in [0.4, 0.5) is 5.69 Å². The van der Waals surface area contributed by atoms with Gasteiger partial charge in [0.25, 0.3) is 5.56 Å². The fourth-order valence-corrected chi connectivity index (χ4v) is 2.20. The van der Waals surface area contributed by atoms with Gasteiger partial charge in [0, 0.05) is 6.20 Å². The van der Waals surface area contributed by atoms with Crippen LogP contribution in [0.15, 0.2) is 23.1 Å². The molecule has 1 heterocycles. The number of aliphatic hydroxyl groups is 1. The van der Waals surface area contributed by atoms with Gasteiger partial charge < -0.3 is 15.4 Å². The molecule has 2 atom stereocenters. The summed E-state index contributed by atoms with van der Waals surface area (Å²) in [6.07, 6.45) is 5.00. The molecular formula is C11H16N2O2. The molecule has 0 aliphatic heterocycles. The van der Waals surface area contributed by atoms with E-state index < -0.39 is 6.10 Å². The van der Waals surface area contributed by atoms with E-state index >= 15 is 0 Å². The van der Waals surface area contributed by atoms with E-state index in [0.29, 0.717) is 0 Å². The van der Waals surface area contributed by atoms with Crippen LogP contribution >= 0.6 is 0 Å². The Bertz CT molecular complexity index is 400. The van der Waals surface area contributed by atoms with E-state index in [2.05, 4.69) is 0 Å². The molecule has 0 unspecified atom stereocenters. The Morgan fingerprint density at radius 3 is 2.87 bits per heavy atom. The fourth-order valence-electron chi connectivity index (χ4n) is 2.20. The molecule has 2 rings (SSSR count). The zero-order valence-electron chi connectivity index (χ0n) is 8.60. The van der Waals surface area contributed by atoms with Crippen molar-refractivity contribution in [2.24, 2.45) is 0 Å². The Balaban J connectivity index is 2.36. The van der Waals surface area contributed by atoms with E-state index in [9.17, 15) is 9.90 Å². The van der Waals surface area contributed by atoms with Crippen molar-refractivity contribution in [2.45, 2.75) is 37.8 Å². The summed E-state index contributed by atoms with van der Waals surface area (Å²) >= 11 is 0. The minimum absolute atomic E-state index is 0.102. The van der Waals surface area contributed by atoms with Crippen LogP contribution in [0, 0.1) is 0 Å². The first-order valence-corrected chi connectivity index (χ1v) is 5.35. The van der Waals surface area contributed by atoms with Crippen molar-refractivity contribution in [1.29, 1.82) is 0 Å². The molecule has 15 heavy (non-hydrogen) atoms. The minimum atomic E-state index is -0.418. The van der Waals surface area contributed by atoms with Gasteiger partial charge in [-0.1, -0.05) is 12.8 Å². The van der Waals surface area contributed by atoms with Gasteiger partial charge in [0.1, 0.15) is 0 Å². The summed E-state index contributed by atoms with van der Waals surface area (Å²) in [4.78, 5) is 11.7. The van der Waals surface area contributed by atoms with Crippen molar-refractivity contribution in [3.8, 4) is 0 Å². The summed E-state index contributed by atoms with van der Waals surface area (Å²) in [6.45, 7) is 0. The highest BCUT2D eigenvalue weighted by molar-refractivity contribution is 5.33. The number of hydrogen-bond acceptors (Lipinski definition) is 3. The van der Waals surface area contributed by atoms with Gasteiger partial charge in [-0.25, -0.2) is 0 Å². The predicted molar refractivity (Wildman–Crippen MR) is 58.6 cm³/mol. The number of hydrogen-bond donors (Lipinski definition) is 2. The van der Waals surface area contributed by atoms with Crippen molar-refractivity contribution >= 4 is 5.69 Å². The predicted octanol–water partition coefficient (Wildman–Crippen LogP) is 0.906. The van der Waals surface area contributed by atoms with Gasteiger partial charge in [-0.3, -0.25) is 4.79 Å². The monoisotopic (exact) mass is 208 g/mol. The zero-order chi connectivity index (χ0) is 10.8. The molecule has 1 saturated carbocycles. The van der Waals surface area contributed by atoms with Crippen molar-refractivity contribution in [2.75, 3.05) is 5.73 Å². The Labute approximate surface area is 88.3 Å². The lowest BCUT2D eigenvalue weighted by Gasteiger charge is -2.29. The highest BCUT2D eigenvalue weighted by Crippen LogP contribution is 2.27. The first-order chi connectivity index (χ1) is 7.20. The second-order valence-corrected chi connectivity index (χ2v) is 4.10. The lowest BCUT2D eigenvalue weighted by molar-refractivity contribution is 0.0739. The Morgan fingerprint density at radius 2 is 2.13 bits per heavy atom. The van der Waals surface area contributed by atoms with Crippen LogP contribution in [-0.4, -0.2) is 15.8 Å². The third-order valence-electron chi connectivity index (χ3n) is 3.06. The SMILES string of the molecule is Nc1cccn([C@H]2CCCC[C@H]2O)c1=O. The molecule has 4 heteroatoms. The Morgan fingerprint density at radius 1 is 1.40 bits per heavy atom. The quantitative estimate of drug-likeness (QED) is 0.720. The summed E-state index contributed by atoms with van der Waals surface area (Å²) in [5.74, 6) is 0. The number of aromatic nitrogens is 1. The molecule has 0 spiro atoms. The summed E-state index contributed by atoms with van der Waals surface area (Å²) in [6, 6.07) is 3.24. The fraction of sp³-hybridized carbons (Fsp3) is 0.545. The highest BCUT2D eigenvalue weighted by atomic mass is 16.3. The summed E-state index contributed by atoms with van der Waals surface area (Å²) in [5.41, 5.74) is 5.61. The molecule has 1 aromatic rings. The summed E-state index contributed by atoms with van der Waals surface area (Å²) in [7, 11) is 0. The molecule has 0 bridgehead atoms. The second kappa shape index (κ2) is 4.06. The van der Waals surface area contributed by atoms with Crippen molar-refractivity contribution in [3.63, 3.8) is 0 Å². The number of anilines is 1. The van der Waals surface area contributed by atoms with Gasteiger partial charge in [0.2, 0.25) is 0 Å². The Kier molecular flexibility index (Phi) is 2.77. The van der Waals surface area contributed by atoms with Crippen LogP contribution in [-0.2, 0) is 0 Å². The standard InChI is InChI=1S/C11H16N2O2/c12-8-4-3-7-13(11(8)15)9-5-1-2-6-10(9)14/h3-4,7,9-10,14H,1-2,5-6,12H2/t9-,10+/m0/s1. The number of nitrogens with two attached hydrogens (primary N) is 1. The van der Waals surface area contributed by atoms with Crippen LogP contribution in [0.1, 0.15) is 31.7 Å². The number of nitrogen functional groups attached to an aromatic ring is 1. The molecule has 3 N–H and O–H groups in total. The van der Waals surface area contributed by atoms with Gasteiger partial charge >= 0.3 is 0 Å². The van der Waals surface area contributed by atoms with E-state index in [1.807, 2.05) is 0 Å². The summed E-state index contributed by atoms with van der Waals surface area (Å²) in [5, 5.41) is 9.84. The van der Waals surface area contributed by atoms with E-state index in [4.69, 9.17) is 5.73 Å². The molecule has 82 valence electrons. The van der Waals surface area contributed by atoms with Crippen molar-refractivity contribution in [1.82, 2.24) is 4.57 Å². The molecule has 0 amide bonds. The Hall–Kier alpha value is -1.29. The lowest BCUT2D eigenvalue weighted by atomic mass is 9.92. The molecule has 0 aromatic carbocycles. The number of nitrogens with zero attached hydrogens (tertiary/aromatic N) is 1. The van der Waals surface area contributed by atoms with Crippen LogP contribution < -0.4 is 11.3 Å². The van der Waals surface area contributed by atoms with Gasteiger partial charge in [-0.15, -0.1) is 0 Å². The lowest BCUT2D eigenvalue weighted by Crippen LogP contribution is -2.35. The third kappa shape index (κ3) is 1.90. The summed E-state index contributed by atoms with van der Waals surface area (Å²) < 4.78 is 1.57. The van der Waals surface area contributed by atoms with Gasteiger partial charge in [-0.2, -0.15) is 0 Å². The first kappa shape index (κ1) is 10.2. The average molecular weight is 208 g/mol. The van der Waals surface area contributed by atoms with Crippen LogP contribution in [0.3, 0.4) is 0 Å². The van der Waals surface area contributed by atoms with E-state index in [-0.39, 0.29) is 17.3 Å². The van der Waals surface area contributed by atoms with E-state index in [0.717, 1.165) is 25.7 Å². The van der Waals surface area contributed by atoms with Gasteiger partial charge in [0.15, 0.2) is 0 Å². The molecule has 1 aliphatic rings. The zero-order valence-corrected chi connectivity index (χ0v) is 8.60. The van der Waals surface area contributed by atoms with Gasteiger partial charge in [-0.05, 0) is 25.0 Å². The van der Waals surface area contributed by atoms with Crippen LogP contribution in [0.5, 0.6) is 0 Å². The molecule has 4 nitrogen and oxygen atoms in total. The topological polar surface area (TPSA) is 68.2 Å². The molecule has 0 saturated heterocycles. The maximum absolute atomic E-state index is 11.7. The highest BCUT2D eigenvalue weighted by Gasteiger charge is 2.25. The van der Waals surface area contributed by atoms with Crippen molar-refractivity contribution < 1.29 is 5.11 Å². The van der Waals surface area contributed by atoms with E-state index in [1.165, 1.54) is 0 Å². The van der Waals surface area contributed by atoms with Crippen molar-refractivity contribution in [3.05, 3.63) is 28.7 Å². The largest absolute Gasteiger partial charge is 0.394 e. The maximum atomic E-state index is 11.7. The molecular weight excluding hydrogens is 192 g/mol. The third-order valence-corrected chi connectivity index (χ3v) is 3.06. The molecule has 1 aromatic heterocycles.